The van der Waals surface area contributed by atoms with Crippen LogP contribution in [-0.4, -0.2) is 61.5 Å². The Kier molecular flexibility index (Phi) is 7.17. The molecule has 1 aromatic carbocycles. The summed E-state index contributed by atoms with van der Waals surface area (Å²) in [5.74, 6) is -1.74. The zero-order valence-electron chi connectivity index (χ0n) is 17.9. The summed E-state index contributed by atoms with van der Waals surface area (Å²) in [6.07, 6.45) is -8.48. The number of carbonyl (C=O) groups is 1. The summed E-state index contributed by atoms with van der Waals surface area (Å²) in [6.45, 7) is -3.07. The third kappa shape index (κ3) is 5.95. The normalized spacial score (nSPS) is 12.6. The van der Waals surface area contributed by atoms with Gasteiger partial charge in [-0.15, -0.1) is 13.2 Å². The van der Waals surface area contributed by atoms with Crippen LogP contribution in [0.2, 0.25) is 0 Å². The first kappa shape index (κ1) is 26.1. The summed E-state index contributed by atoms with van der Waals surface area (Å²) < 4.78 is 82.9. The number of carbonyl (C=O) groups excluding carboxylic acids is 1. The molecule has 3 rings (SSSR count). The molecule has 0 atom stereocenters. The van der Waals surface area contributed by atoms with Crippen LogP contribution in [0.15, 0.2) is 42.7 Å². The zero-order valence-corrected chi connectivity index (χ0v) is 17.9. The second-order valence-electron chi connectivity index (χ2n) is 7.63. The van der Waals surface area contributed by atoms with E-state index in [-0.39, 0.29) is 17.1 Å². The summed E-state index contributed by atoms with van der Waals surface area (Å²) in [5.41, 5.74) is -3.01. The average molecular weight is 504 g/mol. The van der Waals surface area contributed by atoms with Gasteiger partial charge in [-0.25, -0.2) is 9.97 Å². The molecule has 0 saturated carbocycles. The van der Waals surface area contributed by atoms with Crippen molar-refractivity contribution in [1.29, 1.82) is 0 Å². The molecule has 3 aromatic rings. The van der Waals surface area contributed by atoms with Crippen molar-refractivity contribution in [2.75, 3.05) is 13.2 Å². The van der Waals surface area contributed by atoms with Crippen LogP contribution in [0.3, 0.4) is 0 Å². The van der Waals surface area contributed by atoms with Crippen LogP contribution < -0.4 is 4.74 Å². The minimum Gasteiger partial charge on any atom is -0.406 e. The molecule has 0 spiro atoms. The number of halogens is 6. The molecule has 35 heavy (non-hydrogen) atoms. The molecule has 0 bridgehead atoms. The molecular formula is C21H18F6N4O4. The molecule has 0 amide bonds. The maximum Gasteiger partial charge on any atom is 0.573 e. The molecule has 0 fully saturated rings. The number of Topliss-reactive ketones (excluding diaryl/α,β-unsaturated/α-hetero) is 1. The number of ketones is 1. The van der Waals surface area contributed by atoms with Crippen LogP contribution >= 0.6 is 0 Å². The highest BCUT2D eigenvalue weighted by Gasteiger charge is 2.55. The standard InChI is InChI=1S/C21H18F6N4O4/c1-31-9-13(8-28-31)18-29-15(12-2-4-14(5-3-12)35-21(25,26)27)6-16(30-18)17(34)7-19(10-32,11-33)20(22,23)24/h2-6,8-9,32-33H,7,10-11H2,1H3. The summed E-state index contributed by atoms with van der Waals surface area (Å²) >= 11 is 0. The number of ether oxygens (including phenoxy) is 1. The summed E-state index contributed by atoms with van der Waals surface area (Å²) in [6, 6.07) is 5.50. The van der Waals surface area contributed by atoms with Crippen LogP contribution in [0.25, 0.3) is 22.6 Å². The zero-order chi connectivity index (χ0) is 26.0. The monoisotopic (exact) mass is 504 g/mol. The fraction of sp³-hybridized carbons (Fsp3) is 0.333. The molecule has 14 heteroatoms. The molecule has 0 aliphatic carbocycles. The Bertz CT molecular complexity index is 1190. The number of hydrogen-bond acceptors (Lipinski definition) is 7. The van der Waals surface area contributed by atoms with E-state index in [1.807, 2.05) is 0 Å². The Morgan fingerprint density at radius 1 is 1.00 bits per heavy atom. The van der Waals surface area contributed by atoms with Crippen LogP contribution in [0.5, 0.6) is 5.75 Å². The fourth-order valence-corrected chi connectivity index (χ4v) is 3.07. The molecule has 0 saturated heterocycles. The molecule has 2 aromatic heterocycles. The number of aryl methyl sites for hydroxylation is 1. The molecule has 0 aliphatic heterocycles. The Labute approximate surface area is 193 Å². The maximum atomic E-state index is 13.5. The topological polar surface area (TPSA) is 110 Å². The number of hydrogen-bond donors (Lipinski definition) is 2. The molecule has 0 aliphatic rings. The van der Waals surface area contributed by atoms with E-state index in [1.54, 1.807) is 7.05 Å². The van der Waals surface area contributed by atoms with Gasteiger partial charge >= 0.3 is 12.5 Å². The molecule has 0 unspecified atom stereocenters. The quantitative estimate of drug-likeness (QED) is 0.357. The van der Waals surface area contributed by atoms with Crippen molar-refractivity contribution >= 4 is 5.78 Å². The van der Waals surface area contributed by atoms with Gasteiger partial charge in [0.1, 0.15) is 16.9 Å². The predicted octanol–water partition coefficient (Wildman–Crippen LogP) is 3.55. The lowest BCUT2D eigenvalue weighted by Crippen LogP contribution is -2.46. The fourth-order valence-electron chi connectivity index (χ4n) is 3.07. The number of rotatable bonds is 8. The van der Waals surface area contributed by atoms with Gasteiger partial charge in [0.25, 0.3) is 0 Å². The van der Waals surface area contributed by atoms with Crippen molar-refractivity contribution in [3.8, 4) is 28.4 Å². The highest BCUT2D eigenvalue weighted by molar-refractivity contribution is 5.96. The first-order chi connectivity index (χ1) is 16.3. The minimum absolute atomic E-state index is 0.0198. The van der Waals surface area contributed by atoms with E-state index in [1.165, 1.54) is 29.2 Å². The van der Waals surface area contributed by atoms with E-state index in [0.717, 1.165) is 18.2 Å². The van der Waals surface area contributed by atoms with Gasteiger partial charge in [-0.1, -0.05) is 0 Å². The number of aliphatic hydroxyl groups is 2. The van der Waals surface area contributed by atoms with Crippen LogP contribution in [0, 0.1) is 5.41 Å². The van der Waals surface area contributed by atoms with Crippen LogP contribution in [0.1, 0.15) is 16.9 Å². The Hall–Kier alpha value is -3.52. The van der Waals surface area contributed by atoms with Crippen LogP contribution in [0.4, 0.5) is 26.3 Å². The second kappa shape index (κ2) is 9.62. The number of aromatic nitrogens is 4. The first-order valence-corrected chi connectivity index (χ1v) is 9.83. The van der Waals surface area contributed by atoms with Gasteiger partial charge in [-0.3, -0.25) is 9.48 Å². The van der Waals surface area contributed by atoms with Gasteiger partial charge in [0.2, 0.25) is 0 Å². The number of nitrogens with zero attached hydrogens (tertiary/aromatic N) is 4. The summed E-state index contributed by atoms with van der Waals surface area (Å²) in [5, 5.41) is 22.6. The van der Waals surface area contributed by atoms with E-state index in [4.69, 9.17) is 0 Å². The highest BCUT2D eigenvalue weighted by atomic mass is 19.4. The number of benzene rings is 1. The SMILES string of the molecule is Cn1cc(-c2nc(C(=O)CC(CO)(CO)C(F)(F)F)cc(-c3ccc(OC(F)(F)F)cc3)n2)cn1. The Morgan fingerprint density at radius 2 is 1.63 bits per heavy atom. The van der Waals surface area contributed by atoms with E-state index in [2.05, 4.69) is 19.8 Å². The van der Waals surface area contributed by atoms with E-state index < -0.39 is 54.8 Å². The molecule has 8 nitrogen and oxygen atoms in total. The predicted molar refractivity (Wildman–Crippen MR) is 108 cm³/mol. The van der Waals surface area contributed by atoms with Gasteiger partial charge in [0, 0.05) is 25.2 Å². The number of aliphatic hydroxyl groups excluding tert-OH is 2. The van der Waals surface area contributed by atoms with E-state index in [9.17, 15) is 41.4 Å². The van der Waals surface area contributed by atoms with Crippen molar-refractivity contribution in [2.45, 2.75) is 19.0 Å². The van der Waals surface area contributed by atoms with Gasteiger partial charge in [-0.05, 0) is 30.3 Å². The van der Waals surface area contributed by atoms with Gasteiger partial charge in [0.15, 0.2) is 11.6 Å². The van der Waals surface area contributed by atoms with Crippen molar-refractivity contribution in [3.63, 3.8) is 0 Å². The van der Waals surface area contributed by atoms with Gasteiger partial charge in [-0.2, -0.15) is 18.3 Å². The first-order valence-electron chi connectivity index (χ1n) is 9.83. The summed E-state index contributed by atoms with van der Waals surface area (Å²) in [4.78, 5) is 21.1. The lowest BCUT2D eigenvalue weighted by atomic mass is 9.83. The highest BCUT2D eigenvalue weighted by Crippen LogP contribution is 2.41. The number of alkyl halides is 6. The molecule has 188 valence electrons. The molecular weight excluding hydrogens is 486 g/mol. The lowest BCUT2D eigenvalue weighted by Gasteiger charge is -2.31. The minimum atomic E-state index is -5.09. The molecule has 2 heterocycles. The van der Waals surface area contributed by atoms with Crippen molar-refractivity contribution in [3.05, 3.63) is 48.4 Å². The lowest BCUT2D eigenvalue weighted by molar-refractivity contribution is -0.274. The van der Waals surface area contributed by atoms with Crippen molar-refractivity contribution in [2.24, 2.45) is 12.5 Å². The van der Waals surface area contributed by atoms with Crippen molar-refractivity contribution in [1.82, 2.24) is 19.7 Å². The average Bonchev–Trinajstić information content (AvgIpc) is 3.22. The van der Waals surface area contributed by atoms with Crippen molar-refractivity contribution < 1.29 is 46.1 Å². The third-order valence-corrected chi connectivity index (χ3v) is 5.06. The van der Waals surface area contributed by atoms with Crippen LogP contribution in [-0.2, 0) is 7.05 Å². The van der Waals surface area contributed by atoms with Gasteiger partial charge < -0.3 is 14.9 Å². The third-order valence-electron chi connectivity index (χ3n) is 5.06. The second-order valence-corrected chi connectivity index (χ2v) is 7.63. The smallest absolute Gasteiger partial charge is 0.406 e. The molecule has 0 radical (unpaired) electrons. The van der Waals surface area contributed by atoms with E-state index >= 15 is 0 Å². The Morgan fingerprint density at radius 3 is 2.11 bits per heavy atom. The largest absolute Gasteiger partial charge is 0.573 e. The van der Waals surface area contributed by atoms with E-state index in [0.29, 0.717) is 5.56 Å². The van der Waals surface area contributed by atoms with Gasteiger partial charge in [0.05, 0.1) is 30.7 Å². The maximum absolute atomic E-state index is 13.5. The Balaban J connectivity index is 2.05. The molecule has 2 N–H and O–H groups in total. The summed E-state index contributed by atoms with van der Waals surface area (Å²) in [7, 11) is 1.58.